The van der Waals surface area contributed by atoms with Crippen LogP contribution in [0.2, 0.25) is 5.02 Å². The van der Waals surface area contributed by atoms with Gasteiger partial charge in [0.1, 0.15) is 0 Å². The Bertz CT molecular complexity index is 297. The second-order valence-corrected chi connectivity index (χ2v) is 4.63. The summed E-state index contributed by atoms with van der Waals surface area (Å²) in [5.41, 5.74) is 7.01. The average Bonchev–Trinajstić information content (AvgIpc) is 2.26. The van der Waals surface area contributed by atoms with Crippen LogP contribution in [0, 0.1) is 0 Å². The third kappa shape index (κ3) is 4.52. The van der Waals surface area contributed by atoms with Gasteiger partial charge in [-0.1, -0.05) is 23.7 Å². The summed E-state index contributed by atoms with van der Waals surface area (Å²) < 4.78 is 5.54. The van der Waals surface area contributed by atoms with E-state index in [0.717, 1.165) is 18.1 Å². The zero-order valence-electron chi connectivity index (χ0n) is 9.95. The molecule has 1 aromatic carbocycles. The van der Waals surface area contributed by atoms with Gasteiger partial charge in [0.25, 0.3) is 0 Å². The Hall–Kier alpha value is -0.570. The normalized spacial score (nSPS) is 13.1. The van der Waals surface area contributed by atoms with Crippen LogP contribution in [0.25, 0.3) is 0 Å². The van der Waals surface area contributed by atoms with Gasteiger partial charge in [-0.3, -0.25) is 0 Å². The highest BCUT2D eigenvalue weighted by atomic mass is 35.5. The predicted molar refractivity (Wildman–Crippen MR) is 69.0 cm³/mol. The summed E-state index contributed by atoms with van der Waals surface area (Å²) in [7, 11) is 0. The highest BCUT2D eigenvalue weighted by Gasteiger charge is 2.09. The highest BCUT2D eigenvalue weighted by Crippen LogP contribution is 2.20. The lowest BCUT2D eigenvalue weighted by Crippen LogP contribution is -2.16. The van der Waals surface area contributed by atoms with Crippen molar-refractivity contribution < 1.29 is 4.74 Å². The molecule has 0 aliphatic heterocycles. The van der Waals surface area contributed by atoms with E-state index < -0.39 is 0 Å². The third-order valence-corrected chi connectivity index (χ3v) is 2.80. The number of hydrogen-bond donors (Lipinski definition) is 1. The van der Waals surface area contributed by atoms with E-state index in [4.69, 9.17) is 22.1 Å². The summed E-state index contributed by atoms with van der Waals surface area (Å²) in [6, 6.07) is 7.89. The SMILES string of the molecule is CC(C)OCCC(CN)c1ccc(Cl)cc1. The van der Waals surface area contributed by atoms with Crippen molar-refractivity contribution in [3.63, 3.8) is 0 Å². The molecular weight excluding hydrogens is 222 g/mol. The quantitative estimate of drug-likeness (QED) is 0.830. The number of ether oxygens (including phenoxy) is 1. The molecule has 3 heteroatoms. The molecule has 1 atom stereocenters. The van der Waals surface area contributed by atoms with Crippen molar-refractivity contribution in [1.29, 1.82) is 0 Å². The van der Waals surface area contributed by atoms with Crippen molar-refractivity contribution >= 4 is 11.6 Å². The third-order valence-electron chi connectivity index (χ3n) is 2.54. The van der Waals surface area contributed by atoms with Gasteiger partial charge in [0.15, 0.2) is 0 Å². The van der Waals surface area contributed by atoms with E-state index >= 15 is 0 Å². The molecule has 0 saturated carbocycles. The molecule has 0 bridgehead atoms. The van der Waals surface area contributed by atoms with Crippen LogP contribution in [0.5, 0.6) is 0 Å². The van der Waals surface area contributed by atoms with Crippen LogP contribution < -0.4 is 5.73 Å². The van der Waals surface area contributed by atoms with Gasteiger partial charge in [0.2, 0.25) is 0 Å². The minimum atomic E-state index is 0.281. The van der Waals surface area contributed by atoms with E-state index in [9.17, 15) is 0 Å². The van der Waals surface area contributed by atoms with Crippen molar-refractivity contribution in [3.8, 4) is 0 Å². The lowest BCUT2D eigenvalue weighted by molar-refractivity contribution is 0.0737. The smallest absolute Gasteiger partial charge is 0.0518 e. The number of rotatable bonds is 6. The lowest BCUT2D eigenvalue weighted by atomic mass is 9.96. The number of benzene rings is 1. The fourth-order valence-electron chi connectivity index (χ4n) is 1.60. The van der Waals surface area contributed by atoms with E-state index in [1.807, 2.05) is 38.1 Å². The minimum Gasteiger partial charge on any atom is -0.379 e. The Morgan fingerprint density at radius 2 is 1.88 bits per heavy atom. The van der Waals surface area contributed by atoms with Gasteiger partial charge in [0.05, 0.1) is 6.10 Å². The van der Waals surface area contributed by atoms with Gasteiger partial charge in [-0.05, 0) is 50.4 Å². The second kappa shape index (κ2) is 6.89. The molecule has 90 valence electrons. The number of hydrogen-bond acceptors (Lipinski definition) is 2. The first kappa shape index (κ1) is 13.5. The van der Waals surface area contributed by atoms with E-state index in [1.54, 1.807) is 0 Å². The minimum absolute atomic E-state index is 0.281. The standard InChI is InChI=1S/C13H20ClNO/c1-10(2)16-8-7-12(9-15)11-3-5-13(14)6-4-11/h3-6,10,12H,7-9,15H2,1-2H3. The maximum atomic E-state index is 5.85. The molecule has 0 aliphatic rings. The van der Waals surface area contributed by atoms with E-state index in [1.165, 1.54) is 5.56 Å². The Labute approximate surface area is 103 Å². The van der Waals surface area contributed by atoms with Crippen molar-refractivity contribution in [2.75, 3.05) is 13.2 Å². The Morgan fingerprint density at radius 3 is 2.38 bits per heavy atom. The van der Waals surface area contributed by atoms with Crippen molar-refractivity contribution in [2.24, 2.45) is 5.73 Å². The van der Waals surface area contributed by atoms with Crippen LogP contribution in [0.4, 0.5) is 0 Å². The molecule has 1 unspecified atom stereocenters. The summed E-state index contributed by atoms with van der Waals surface area (Å²) in [6.07, 6.45) is 1.24. The topological polar surface area (TPSA) is 35.2 Å². The molecule has 0 aromatic heterocycles. The molecule has 0 fully saturated rings. The predicted octanol–water partition coefficient (Wildman–Crippen LogP) is 3.20. The van der Waals surface area contributed by atoms with Gasteiger partial charge in [-0.2, -0.15) is 0 Å². The van der Waals surface area contributed by atoms with E-state index in [2.05, 4.69) is 0 Å². The Balaban J connectivity index is 2.50. The van der Waals surface area contributed by atoms with Gasteiger partial charge < -0.3 is 10.5 Å². The van der Waals surface area contributed by atoms with Gasteiger partial charge in [-0.25, -0.2) is 0 Å². The monoisotopic (exact) mass is 241 g/mol. The number of nitrogens with two attached hydrogens (primary N) is 1. The zero-order chi connectivity index (χ0) is 12.0. The maximum Gasteiger partial charge on any atom is 0.0518 e. The summed E-state index contributed by atoms with van der Waals surface area (Å²) in [5.74, 6) is 0.357. The van der Waals surface area contributed by atoms with Gasteiger partial charge >= 0.3 is 0 Å². The summed E-state index contributed by atoms with van der Waals surface area (Å²) >= 11 is 5.85. The molecule has 2 N–H and O–H groups in total. The Morgan fingerprint density at radius 1 is 1.25 bits per heavy atom. The molecule has 0 radical (unpaired) electrons. The van der Waals surface area contributed by atoms with Crippen LogP contribution in [0.1, 0.15) is 31.7 Å². The molecule has 1 aromatic rings. The second-order valence-electron chi connectivity index (χ2n) is 4.19. The van der Waals surface area contributed by atoms with Crippen LogP contribution in [0.3, 0.4) is 0 Å². The largest absolute Gasteiger partial charge is 0.379 e. The molecule has 0 amide bonds. The Kier molecular flexibility index (Phi) is 5.81. The van der Waals surface area contributed by atoms with Crippen LogP contribution in [-0.2, 0) is 4.74 Å². The molecule has 0 heterocycles. The molecular formula is C13H20ClNO. The van der Waals surface area contributed by atoms with Crippen LogP contribution in [-0.4, -0.2) is 19.3 Å². The summed E-state index contributed by atoms with van der Waals surface area (Å²) in [6.45, 7) is 5.48. The first-order chi connectivity index (χ1) is 7.63. The van der Waals surface area contributed by atoms with E-state index in [-0.39, 0.29) is 6.10 Å². The molecule has 0 spiro atoms. The first-order valence-electron chi connectivity index (χ1n) is 5.70. The van der Waals surface area contributed by atoms with Crippen LogP contribution in [0.15, 0.2) is 24.3 Å². The van der Waals surface area contributed by atoms with Gasteiger partial charge in [0, 0.05) is 11.6 Å². The van der Waals surface area contributed by atoms with Crippen molar-refractivity contribution in [2.45, 2.75) is 32.3 Å². The van der Waals surface area contributed by atoms with Crippen molar-refractivity contribution in [1.82, 2.24) is 0 Å². The highest BCUT2D eigenvalue weighted by molar-refractivity contribution is 6.30. The molecule has 0 saturated heterocycles. The molecule has 2 nitrogen and oxygen atoms in total. The maximum absolute atomic E-state index is 5.85. The van der Waals surface area contributed by atoms with Crippen LogP contribution >= 0.6 is 11.6 Å². The van der Waals surface area contributed by atoms with Gasteiger partial charge in [-0.15, -0.1) is 0 Å². The fraction of sp³-hybridized carbons (Fsp3) is 0.538. The summed E-state index contributed by atoms with van der Waals surface area (Å²) in [4.78, 5) is 0. The average molecular weight is 242 g/mol. The first-order valence-corrected chi connectivity index (χ1v) is 6.08. The van der Waals surface area contributed by atoms with Crippen molar-refractivity contribution in [3.05, 3.63) is 34.9 Å². The number of halogens is 1. The molecule has 16 heavy (non-hydrogen) atoms. The molecule has 1 rings (SSSR count). The fourth-order valence-corrected chi connectivity index (χ4v) is 1.73. The zero-order valence-corrected chi connectivity index (χ0v) is 10.7. The van der Waals surface area contributed by atoms with E-state index in [0.29, 0.717) is 12.5 Å². The summed E-state index contributed by atoms with van der Waals surface area (Å²) in [5, 5.41) is 0.762. The molecule has 0 aliphatic carbocycles. The lowest BCUT2D eigenvalue weighted by Gasteiger charge is -2.16.